The minimum absolute atomic E-state index is 0.352. The normalized spacial score (nSPS) is 13.9. The van der Waals surface area contributed by atoms with Crippen LogP contribution in [0.2, 0.25) is 10.0 Å². The number of carbonyl (C=O) groups excluding carboxylic acids is 1. The number of nitrogens with one attached hydrogen (secondary N) is 3. The number of rotatable bonds is 6. The standard InChI is InChI=1S/C21H13ClFN5.C18H10BrClFN3.C14H23BN2O4/c22-16-2-3-18(23)17(7-16)21-20(25-11-26-21)12-1-4-19-13(5-12)6-14(8-24-19)15-9-27-28-10-15;19-12-6-11-5-10(1-4-16(11)22-8-12)17-18(24-9-23-17)14-7-13(20)2-3-15(14)21;1-12(2,3)19-11(18)17-9-10(8-16-17)15-20-13(4,5)14(6,7)21-15/h1-11H,(H,25,26)(H,27,28);1-9H,(H,23,24);8-9H,1-7H3. The van der Waals surface area contributed by atoms with Crippen LogP contribution in [-0.4, -0.2) is 79.9 Å². The Kier molecular flexibility index (Phi) is 14.2. The van der Waals surface area contributed by atoms with Crippen molar-refractivity contribution in [3.63, 3.8) is 0 Å². The summed E-state index contributed by atoms with van der Waals surface area (Å²) >= 11 is 15.5. The van der Waals surface area contributed by atoms with Crippen molar-refractivity contribution < 1.29 is 27.6 Å². The Bertz CT molecular complexity index is 3620. The Balaban J connectivity index is 0.000000137. The average molecular weight is 1090 g/mol. The third-order valence-corrected chi connectivity index (χ3v) is 13.0. The molecule has 0 radical (unpaired) electrons. The number of pyridine rings is 2. The van der Waals surface area contributed by atoms with Gasteiger partial charge < -0.3 is 24.0 Å². The summed E-state index contributed by atoms with van der Waals surface area (Å²) in [5.41, 5.74) is 7.94. The van der Waals surface area contributed by atoms with Gasteiger partial charge in [-0.25, -0.2) is 23.5 Å². The number of fused-ring (bicyclic) bond motifs is 2. The highest BCUT2D eigenvalue weighted by Crippen LogP contribution is 2.38. The summed E-state index contributed by atoms with van der Waals surface area (Å²) in [6.07, 6.45) is 12.9. The van der Waals surface area contributed by atoms with E-state index >= 15 is 0 Å². The quantitative estimate of drug-likeness (QED) is 0.136. The second kappa shape index (κ2) is 20.4. The lowest BCUT2D eigenvalue weighted by atomic mass is 9.82. The van der Waals surface area contributed by atoms with Gasteiger partial charge in [0.25, 0.3) is 0 Å². The van der Waals surface area contributed by atoms with Crippen LogP contribution in [0.1, 0.15) is 48.5 Å². The summed E-state index contributed by atoms with van der Waals surface area (Å²) in [5.74, 6) is -0.713. The summed E-state index contributed by atoms with van der Waals surface area (Å²) in [5, 5.41) is 13.7. The van der Waals surface area contributed by atoms with E-state index in [1.165, 1.54) is 24.3 Å². The fraction of sp³-hybridized carbons (Fsp3) is 0.189. The van der Waals surface area contributed by atoms with Crippen LogP contribution in [0.3, 0.4) is 0 Å². The van der Waals surface area contributed by atoms with Crippen LogP contribution in [-0.2, 0) is 14.0 Å². The van der Waals surface area contributed by atoms with Crippen LogP contribution in [0.4, 0.5) is 13.6 Å². The molecule has 370 valence electrons. The van der Waals surface area contributed by atoms with Gasteiger partial charge in [-0.15, -0.1) is 0 Å². The summed E-state index contributed by atoms with van der Waals surface area (Å²) in [6.45, 7) is 13.3. The Morgan fingerprint density at radius 3 is 1.75 bits per heavy atom. The minimum Gasteiger partial charge on any atom is -0.442 e. The predicted octanol–water partition coefficient (Wildman–Crippen LogP) is 13.3. The van der Waals surface area contributed by atoms with Crippen molar-refractivity contribution in [2.75, 3.05) is 0 Å². The molecule has 0 saturated carbocycles. The van der Waals surface area contributed by atoms with Crippen LogP contribution in [0, 0.1) is 11.6 Å². The fourth-order valence-corrected chi connectivity index (χ4v) is 8.45. The fourth-order valence-electron chi connectivity index (χ4n) is 7.76. The third kappa shape index (κ3) is 11.3. The van der Waals surface area contributed by atoms with Gasteiger partial charge in [-0.3, -0.25) is 15.1 Å². The molecule has 10 aromatic rings. The maximum atomic E-state index is 14.4. The predicted molar refractivity (Wildman–Crippen MR) is 284 cm³/mol. The zero-order valence-corrected chi connectivity index (χ0v) is 43.5. The summed E-state index contributed by atoms with van der Waals surface area (Å²) in [7, 11) is -0.536. The first-order chi connectivity index (χ1) is 34.7. The van der Waals surface area contributed by atoms with E-state index in [0.717, 1.165) is 53.2 Å². The smallest absolute Gasteiger partial charge is 0.442 e. The molecule has 0 spiro atoms. The molecule has 0 atom stereocenters. The molecule has 3 N–H and O–H groups in total. The number of carbonyl (C=O) groups is 1. The van der Waals surface area contributed by atoms with E-state index < -0.39 is 30.0 Å². The van der Waals surface area contributed by atoms with Gasteiger partial charge in [0.05, 0.1) is 63.9 Å². The molecule has 4 aromatic carbocycles. The number of aromatic amines is 3. The van der Waals surface area contributed by atoms with E-state index in [1.807, 2.05) is 109 Å². The summed E-state index contributed by atoms with van der Waals surface area (Å²) in [6, 6.07) is 24.6. The van der Waals surface area contributed by atoms with Crippen LogP contribution in [0.5, 0.6) is 0 Å². The number of nitrogens with zero attached hydrogens (tertiary/aromatic N) is 7. The molecular formula is C53H46BBrCl2F2N10O4. The van der Waals surface area contributed by atoms with Gasteiger partial charge in [0.15, 0.2) is 0 Å². The van der Waals surface area contributed by atoms with Gasteiger partial charge in [-0.05, 0) is 137 Å². The van der Waals surface area contributed by atoms with Gasteiger partial charge in [0.2, 0.25) is 0 Å². The van der Waals surface area contributed by atoms with E-state index in [2.05, 4.69) is 61.1 Å². The summed E-state index contributed by atoms with van der Waals surface area (Å²) < 4.78 is 47.7. The number of hydrogen-bond donors (Lipinski definition) is 3. The Morgan fingerprint density at radius 2 is 1.22 bits per heavy atom. The Labute approximate surface area is 437 Å². The number of halogens is 5. The molecule has 0 aliphatic carbocycles. The molecular weight excluding hydrogens is 1040 g/mol. The zero-order valence-electron chi connectivity index (χ0n) is 40.4. The number of hydrogen-bond acceptors (Lipinski definition) is 10. The van der Waals surface area contributed by atoms with Crippen LogP contribution in [0.15, 0.2) is 139 Å². The Morgan fingerprint density at radius 1 is 0.685 bits per heavy atom. The third-order valence-electron chi connectivity index (χ3n) is 12.1. The highest BCUT2D eigenvalue weighted by atomic mass is 79.9. The number of aromatic nitrogens is 10. The lowest BCUT2D eigenvalue weighted by Crippen LogP contribution is -2.41. The van der Waals surface area contributed by atoms with Gasteiger partial charge in [0, 0.05) is 95.1 Å². The molecule has 11 rings (SSSR count). The van der Waals surface area contributed by atoms with Crippen molar-refractivity contribution in [2.45, 2.75) is 65.3 Å². The summed E-state index contributed by atoms with van der Waals surface area (Å²) in [4.78, 5) is 35.6. The molecule has 0 amide bonds. The van der Waals surface area contributed by atoms with Crippen LogP contribution < -0.4 is 5.46 Å². The second-order valence-electron chi connectivity index (χ2n) is 19.0. The lowest BCUT2D eigenvalue weighted by molar-refractivity contribution is 0.00578. The Hall–Kier alpha value is -7.09. The van der Waals surface area contributed by atoms with Crippen LogP contribution >= 0.6 is 39.1 Å². The average Bonchev–Trinajstić information content (AvgIpc) is 4.21. The van der Waals surface area contributed by atoms with Gasteiger partial charge in [-0.1, -0.05) is 35.3 Å². The molecule has 1 aliphatic heterocycles. The molecule has 6 aromatic heterocycles. The van der Waals surface area contributed by atoms with E-state index in [4.69, 9.17) is 37.2 Å². The SMILES string of the molecule is CC(C)(C)OC(=O)n1cc(B2OC(C)(C)C(C)(C)O2)cn1.Fc1ccc(Cl)cc1-c1[nH]cnc1-c1ccc2ncc(-c3cn[nH]c3)cc2c1.Fc1ccc(Cl)cc1-c1[nH]cnc1-c1ccc2ncc(Br)cc2c1. The van der Waals surface area contributed by atoms with Crippen molar-refractivity contribution in [3.8, 4) is 56.2 Å². The maximum absolute atomic E-state index is 14.4. The molecule has 1 aliphatic rings. The lowest BCUT2D eigenvalue weighted by Gasteiger charge is -2.32. The number of imidazole rings is 2. The zero-order chi connectivity index (χ0) is 51.8. The van der Waals surface area contributed by atoms with Crippen molar-refractivity contribution >= 4 is 79.6 Å². The number of benzene rings is 4. The first-order valence-electron chi connectivity index (χ1n) is 22.8. The molecule has 14 nitrogen and oxygen atoms in total. The molecule has 1 fully saturated rings. The van der Waals surface area contributed by atoms with Crippen molar-refractivity contribution in [1.82, 2.24) is 49.9 Å². The maximum Gasteiger partial charge on any atom is 0.498 e. The van der Waals surface area contributed by atoms with Crippen molar-refractivity contribution in [1.29, 1.82) is 0 Å². The molecule has 20 heteroatoms. The largest absolute Gasteiger partial charge is 0.498 e. The molecule has 1 saturated heterocycles. The highest BCUT2D eigenvalue weighted by Gasteiger charge is 2.52. The van der Waals surface area contributed by atoms with Crippen molar-refractivity contribution in [2.24, 2.45) is 0 Å². The van der Waals surface area contributed by atoms with Gasteiger partial charge in [0.1, 0.15) is 17.2 Å². The van der Waals surface area contributed by atoms with E-state index in [0.29, 0.717) is 49.4 Å². The topological polar surface area (TPSA) is 174 Å². The molecule has 73 heavy (non-hydrogen) atoms. The van der Waals surface area contributed by atoms with Gasteiger partial charge in [-0.2, -0.15) is 14.9 Å². The molecule has 0 bridgehead atoms. The van der Waals surface area contributed by atoms with Crippen molar-refractivity contribution in [3.05, 3.63) is 161 Å². The second-order valence-corrected chi connectivity index (χ2v) is 20.8. The monoisotopic (exact) mass is 1080 g/mol. The first kappa shape index (κ1) is 50.8. The first-order valence-corrected chi connectivity index (χ1v) is 24.3. The van der Waals surface area contributed by atoms with Crippen LogP contribution in [0.25, 0.3) is 78.0 Å². The van der Waals surface area contributed by atoms with E-state index in [-0.39, 0.29) is 11.6 Å². The number of ether oxygens (including phenoxy) is 1. The van der Waals surface area contributed by atoms with E-state index in [1.54, 1.807) is 49.6 Å². The van der Waals surface area contributed by atoms with Gasteiger partial charge >= 0.3 is 13.2 Å². The molecule has 0 unspecified atom stereocenters. The molecule has 7 heterocycles. The minimum atomic E-state index is -0.562. The van der Waals surface area contributed by atoms with E-state index in [9.17, 15) is 13.6 Å². The highest BCUT2D eigenvalue weighted by molar-refractivity contribution is 9.10. The number of H-pyrrole nitrogens is 3.